The summed E-state index contributed by atoms with van der Waals surface area (Å²) < 4.78 is 26.6. The molecule has 2 aliphatic carbocycles. The van der Waals surface area contributed by atoms with E-state index < -0.39 is 5.92 Å². The topological polar surface area (TPSA) is 12.0 Å². The summed E-state index contributed by atoms with van der Waals surface area (Å²) in [6.07, 6.45) is 9.39. The molecule has 0 heterocycles. The van der Waals surface area contributed by atoms with Crippen LogP contribution in [0.4, 0.5) is 8.78 Å². The molecule has 1 unspecified atom stereocenters. The van der Waals surface area contributed by atoms with Gasteiger partial charge in [0.25, 0.3) is 0 Å². The van der Waals surface area contributed by atoms with E-state index in [1.54, 1.807) is 0 Å². The lowest BCUT2D eigenvalue weighted by Gasteiger charge is -2.40. The fraction of sp³-hybridized carbons (Fsp3) is 1.00. The number of alkyl halides is 2. The maximum Gasteiger partial charge on any atom is 0.248 e. The minimum Gasteiger partial charge on any atom is -0.313 e. The molecule has 0 saturated heterocycles. The van der Waals surface area contributed by atoms with E-state index in [1.165, 1.54) is 32.1 Å². The van der Waals surface area contributed by atoms with Crippen molar-refractivity contribution in [3.8, 4) is 0 Å². The van der Waals surface area contributed by atoms with Crippen LogP contribution in [0.5, 0.6) is 0 Å². The van der Waals surface area contributed by atoms with Crippen molar-refractivity contribution in [2.24, 2.45) is 11.8 Å². The highest BCUT2D eigenvalue weighted by Crippen LogP contribution is 2.41. The highest BCUT2D eigenvalue weighted by atomic mass is 19.3. The molecular formula is C16H29F2N. The molecule has 19 heavy (non-hydrogen) atoms. The van der Waals surface area contributed by atoms with E-state index in [0.717, 1.165) is 18.9 Å². The van der Waals surface area contributed by atoms with Crippen LogP contribution in [0, 0.1) is 11.8 Å². The molecule has 0 amide bonds. The van der Waals surface area contributed by atoms with Crippen LogP contribution in [-0.2, 0) is 0 Å². The molecule has 2 aliphatic rings. The van der Waals surface area contributed by atoms with Crippen LogP contribution in [0.25, 0.3) is 0 Å². The summed E-state index contributed by atoms with van der Waals surface area (Å²) in [7, 11) is 0. The quantitative estimate of drug-likeness (QED) is 0.761. The smallest absolute Gasteiger partial charge is 0.248 e. The SMILES string of the molecule is CCCNC(C1CCCCC1)C1CCC(F)(F)CC1. The van der Waals surface area contributed by atoms with Gasteiger partial charge in [-0.2, -0.15) is 0 Å². The van der Waals surface area contributed by atoms with Gasteiger partial charge in [-0.1, -0.05) is 26.2 Å². The second-order valence-corrected chi connectivity index (χ2v) is 6.57. The summed E-state index contributed by atoms with van der Waals surface area (Å²) in [6, 6.07) is 0.497. The third-order valence-corrected chi connectivity index (χ3v) is 5.06. The van der Waals surface area contributed by atoms with Crippen molar-refractivity contribution in [3.05, 3.63) is 0 Å². The Morgan fingerprint density at radius 3 is 2.16 bits per heavy atom. The van der Waals surface area contributed by atoms with Gasteiger partial charge < -0.3 is 5.32 Å². The van der Waals surface area contributed by atoms with E-state index >= 15 is 0 Å². The molecule has 1 N–H and O–H groups in total. The maximum absolute atomic E-state index is 13.3. The number of halogens is 2. The van der Waals surface area contributed by atoms with Gasteiger partial charge in [0.05, 0.1) is 0 Å². The van der Waals surface area contributed by atoms with E-state index in [2.05, 4.69) is 12.2 Å². The Kier molecular flexibility index (Phi) is 5.61. The molecule has 2 saturated carbocycles. The molecule has 0 bridgehead atoms. The van der Waals surface area contributed by atoms with Crippen LogP contribution in [0.2, 0.25) is 0 Å². The molecule has 0 aromatic carbocycles. The third-order valence-electron chi connectivity index (χ3n) is 5.06. The lowest BCUT2D eigenvalue weighted by molar-refractivity contribution is -0.0528. The van der Waals surface area contributed by atoms with Crippen LogP contribution in [0.1, 0.15) is 71.1 Å². The predicted octanol–water partition coefficient (Wildman–Crippen LogP) is 4.76. The minimum absolute atomic E-state index is 0.106. The van der Waals surface area contributed by atoms with Gasteiger partial charge in [-0.15, -0.1) is 0 Å². The van der Waals surface area contributed by atoms with Gasteiger partial charge in [-0.25, -0.2) is 8.78 Å². The molecule has 3 heteroatoms. The summed E-state index contributed by atoms with van der Waals surface area (Å²) in [5, 5.41) is 3.69. The lowest BCUT2D eigenvalue weighted by Crippen LogP contribution is -2.45. The monoisotopic (exact) mass is 273 g/mol. The second kappa shape index (κ2) is 7.01. The fourth-order valence-electron chi connectivity index (χ4n) is 3.94. The van der Waals surface area contributed by atoms with E-state index in [9.17, 15) is 8.78 Å². The number of hydrogen-bond donors (Lipinski definition) is 1. The summed E-state index contributed by atoms with van der Waals surface area (Å²) in [5.41, 5.74) is 0. The summed E-state index contributed by atoms with van der Waals surface area (Å²) in [6.45, 7) is 3.22. The molecule has 2 fully saturated rings. The van der Waals surface area contributed by atoms with E-state index in [4.69, 9.17) is 0 Å². The van der Waals surface area contributed by atoms with Crippen molar-refractivity contribution in [2.75, 3.05) is 6.54 Å². The first kappa shape index (κ1) is 15.2. The van der Waals surface area contributed by atoms with Crippen molar-refractivity contribution in [3.63, 3.8) is 0 Å². The van der Waals surface area contributed by atoms with E-state index in [-0.39, 0.29) is 12.8 Å². The molecule has 0 radical (unpaired) electrons. The molecule has 0 aromatic heterocycles. The van der Waals surface area contributed by atoms with Gasteiger partial charge >= 0.3 is 0 Å². The number of hydrogen-bond acceptors (Lipinski definition) is 1. The summed E-state index contributed by atoms with van der Waals surface area (Å²) in [4.78, 5) is 0. The minimum atomic E-state index is -2.39. The maximum atomic E-state index is 13.3. The highest BCUT2D eigenvalue weighted by Gasteiger charge is 2.39. The summed E-state index contributed by atoms with van der Waals surface area (Å²) in [5.74, 6) is -1.18. The highest BCUT2D eigenvalue weighted by molar-refractivity contribution is 4.89. The van der Waals surface area contributed by atoms with Crippen LogP contribution in [0.3, 0.4) is 0 Å². The van der Waals surface area contributed by atoms with Gasteiger partial charge in [0.1, 0.15) is 0 Å². The molecule has 0 aromatic rings. The van der Waals surface area contributed by atoms with Crippen LogP contribution < -0.4 is 5.32 Å². The zero-order valence-electron chi connectivity index (χ0n) is 12.3. The Morgan fingerprint density at radius 2 is 1.58 bits per heavy atom. The van der Waals surface area contributed by atoms with Crippen molar-refractivity contribution in [1.29, 1.82) is 0 Å². The molecule has 1 nitrogen and oxygen atoms in total. The molecule has 112 valence electrons. The average molecular weight is 273 g/mol. The van der Waals surface area contributed by atoms with Gasteiger partial charge in [0, 0.05) is 18.9 Å². The molecule has 0 aliphatic heterocycles. The van der Waals surface area contributed by atoms with Gasteiger partial charge in [-0.3, -0.25) is 0 Å². The van der Waals surface area contributed by atoms with Crippen molar-refractivity contribution >= 4 is 0 Å². The second-order valence-electron chi connectivity index (χ2n) is 6.57. The lowest BCUT2D eigenvalue weighted by atomic mass is 9.73. The first-order valence-electron chi connectivity index (χ1n) is 8.23. The average Bonchev–Trinajstić information content (AvgIpc) is 2.42. The first-order chi connectivity index (χ1) is 9.12. The first-order valence-corrected chi connectivity index (χ1v) is 8.23. The Bertz CT molecular complexity index is 251. The van der Waals surface area contributed by atoms with E-state index in [0.29, 0.717) is 24.8 Å². The van der Waals surface area contributed by atoms with E-state index in [1.807, 2.05) is 0 Å². The standard InChI is InChI=1S/C16H29F2N/c1-2-12-19-15(13-6-4-3-5-7-13)14-8-10-16(17,18)11-9-14/h13-15,19H,2-12H2,1H3. The summed E-state index contributed by atoms with van der Waals surface area (Å²) >= 11 is 0. The van der Waals surface area contributed by atoms with Crippen molar-refractivity contribution < 1.29 is 8.78 Å². The zero-order valence-corrected chi connectivity index (χ0v) is 12.3. The van der Waals surface area contributed by atoms with Crippen LogP contribution in [0.15, 0.2) is 0 Å². The van der Waals surface area contributed by atoms with Crippen molar-refractivity contribution in [2.45, 2.75) is 83.1 Å². The molecule has 1 atom stereocenters. The van der Waals surface area contributed by atoms with Gasteiger partial charge in [0.2, 0.25) is 5.92 Å². The van der Waals surface area contributed by atoms with Crippen LogP contribution >= 0.6 is 0 Å². The Labute approximate surface area is 116 Å². The van der Waals surface area contributed by atoms with Crippen LogP contribution in [-0.4, -0.2) is 18.5 Å². The Morgan fingerprint density at radius 1 is 1.00 bits per heavy atom. The third kappa shape index (κ3) is 4.40. The number of nitrogens with one attached hydrogen (secondary N) is 1. The number of rotatable bonds is 5. The predicted molar refractivity (Wildman–Crippen MR) is 75.6 cm³/mol. The molecule has 2 rings (SSSR count). The Hall–Kier alpha value is -0.180. The fourth-order valence-corrected chi connectivity index (χ4v) is 3.94. The molecular weight excluding hydrogens is 244 g/mol. The van der Waals surface area contributed by atoms with Gasteiger partial charge in [-0.05, 0) is 50.5 Å². The van der Waals surface area contributed by atoms with Gasteiger partial charge in [0.15, 0.2) is 0 Å². The normalized spacial score (nSPS) is 27.3. The van der Waals surface area contributed by atoms with Crippen molar-refractivity contribution in [1.82, 2.24) is 5.32 Å². The zero-order chi connectivity index (χ0) is 13.7. The molecule has 0 spiro atoms. The Balaban J connectivity index is 1.92. The largest absolute Gasteiger partial charge is 0.313 e.